The Hall–Kier alpha value is -4.14. The number of nitrogens with one attached hydrogen (secondary N) is 2. The molecular weight excluding hydrogens is 450 g/mol. The Bertz CT molecular complexity index is 1150. The van der Waals surface area contributed by atoms with Gasteiger partial charge in [0.05, 0.1) is 5.56 Å². The van der Waals surface area contributed by atoms with Gasteiger partial charge in [-0.25, -0.2) is 9.18 Å². The predicted molar refractivity (Wildman–Crippen MR) is 123 cm³/mol. The first-order chi connectivity index (χ1) is 16.2. The van der Waals surface area contributed by atoms with Gasteiger partial charge < -0.3 is 10.6 Å². The average molecular weight is 471 g/mol. The Kier molecular flexibility index (Phi) is 8.02. The van der Waals surface area contributed by atoms with Gasteiger partial charge in [-0.2, -0.15) is 13.2 Å². The van der Waals surface area contributed by atoms with Crippen LogP contribution in [-0.4, -0.2) is 25.0 Å². The summed E-state index contributed by atoms with van der Waals surface area (Å²) in [5.74, 6) is -0.900. The fraction of sp³-hybridized carbons (Fsp3) is 0.120. The number of alkyl halides is 3. The summed E-state index contributed by atoms with van der Waals surface area (Å²) in [5, 5.41) is 5.06. The van der Waals surface area contributed by atoms with Crippen LogP contribution in [0.3, 0.4) is 0 Å². The van der Waals surface area contributed by atoms with Gasteiger partial charge >= 0.3 is 12.2 Å². The van der Waals surface area contributed by atoms with E-state index < -0.39 is 23.6 Å². The standard InChI is InChI=1S/C25H21F4N3O2/c26-20-10-12-22(13-11-20)32(16-15-30-23(33)14-9-18-5-2-1-3-6-18)24(34)31-21-8-4-7-19(17-21)25(27,28)29/h1-14,17H,15-16H2,(H,30,33)(H,31,34)/b14-9+. The molecule has 5 nitrogen and oxygen atoms in total. The molecule has 0 aliphatic carbocycles. The van der Waals surface area contributed by atoms with Crippen molar-refractivity contribution in [2.75, 3.05) is 23.3 Å². The molecule has 0 saturated carbocycles. The predicted octanol–water partition coefficient (Wildman–Crippen LogP) is 5.71. The van der Waals surface area contributed by atoms with Gasteiger partial charge in [0, 0.05) is 30.5 Å². The van der Waals surface area contributed by atoms with Crippen LogP contribution in [0.5, 0.6) is 0 Å². The van der Waals surface area contributed by atoms with E-state index in [-0.39, 0.29) is 24.7 Å². The van der Waals surface area contributed by atoms with Gasteiger partial charge in [-0.05, 0) is 54.1 Å². The van der Waals surface area contributed by atoms with Gasteiger partial charge in [0.15, 0.2) is 0 Å². The molecule has 176 valence electrons. The monoisotopic (exact) mass is 471 g/mol. The first-order valence-electron chi connectivity index (χ1n) is 10.2. The second-order valence-electron chi connectivity index (χ2n) is 7.17. The number of benzene rings is 3. The maximum Gasteiger partial charge on any atom is 0.416 e. The highest BCUT2D eigenvalue weighted by atomic mass is 19.4. The Morgan fingerprint density at radius 2 is 1.62 bits per heavy atom. The van der Waals surface area contributed by atoms with Crippen LogP contribution in [-0.2, 0) is 11.0 Å². The summed E-state index contributed by atoms with van der Waals surface area (Å²) in [6, 6.07) is 17.7. The molecule has 3 amide bonds. The van der Waals surface area contributed by atoms with Crippen LogP contribution in [0.4, 0.5) is 33.7 Å². The lowest BCUT2D eigenvalue weighted by Gasteiger charge is -2.23. The molecule has 0 bridgehead atoms. The van der Waals surface area contributed by atoms with Gasteiger partial charge in [-0.15, -0.1) is 0 Å². The molecule has 0 heterocycles. The van der Waals surface area contributed by atoms with E-state index >= 15 is 0 Å². The van der Waals surface area contributed by atoms with E-state index in [4.69, 9.17) is 0 Å². The molecule has 2 N–H and O–H groups in total. The number of amides is 3. The molecule has 3 aromatic carbocycles. The van der Waals surface area contributed by atoms with Crippen molar-refractivity contribution >= 4 is 29.4 Å². The third kappa shape index (κ3) is 7.19. The van der Waals surface area contributed by atoms with Crippen LogP contribution < -0.4 is 15.5 Å². The number of rotatable bonds is 7. The molecule has 0 aliphatic rings. The number of carbonyl (C=O) groups excluding carboxylic acids is 2. The number of hydrogen-bond donors (Lipinski definition) is 2. The zero-order chi connectivity index (χ0) is 24.6. The van der Waals surface area contributed by atoms with Crippen LogP contribution in [0.15, 0.2) is 84.9 Å². The molecular formula is C25H21F4N3O2. The lowest BCUT2D eigenvalue weighted by Crippen LogP contribution is -2.40. The molecule has 0 aromatic heterocycles. The molecule has 0 aliphatic heterocycles. The largest absolute Gasteiger partial charge is 0.416 e. The summed E-state index contributed by atoms with van der Waals surface area (Å²) in [7, 11) is 0. The minimum atomic E-state index is -4.56. The zero-order valence-electron chi connectivity index (χ0n) is 17.9. The van der Waals surface area contributed by atoms with E-state index in [1.807, 2.05) is 30.3 Å². The SMILES string of the molecule is O=C(/C=C/c1ccccc1)NCCN(C(=O)Nc1cccc(C(F)(F)F)c1)c1ccc(F)cc1. The van der Waals surface area contributed by atoms with Crippen molar-refractivity contribution in [2.24, 2.45) is 0 Å². The smallest absolute Gasteiger partial charge is 0.351 e. The van der Waals surface area contributed by atoms with Crippen LogP contribution in [0.2, 0.25) is 0 Å². The Balaban J connectivity index is 1.68. The molecule has 0 saturated heterocycles. The third-order valence-corrected chi connectivity index (χ3v) is 4.69. The average Bonchev–Trinajstić information content (AvgIpc) is 2.81. The van der Waals surface area contributed by atoms with Crippen molar-refractivity contribution in [3.05, 3.63) is 102 Å². The third-order valence-electron chi connectivity index (χ3n) is 4.69. The highest BCUT2D eigenvalue weighted by Crippen LogP contribution is 2.30. The summed E-state index contributed by atoms with van der Waals surface area (Å²) < 4.78 is 52.3. The first-order valence-corrected chi connectivity index (χ1v) is 10.2. The van der Waals surface area contributed by atoms with E-state index in [2.05, 4.69) is 10.6 Å². The van der Waals surface area contributed by atoms with E-state index in [1.54, 1.807) is 6.08 Å². The summed E-state index contributed by atoms with van der Waals surface area (Å²) in [6.07, 6.45) is -1.58. The van der Waals surface area contributed by atoms with Crippen LogP contribution in [0.25, 0.3) is 6.08 Å². The summed E-state index contributed by atoms with van der Waals surface area (Å²) >= 11 is 0. The minimum absolute atomic E-state index is 0.0126. The van der Waals surface area contributed by atoms with Crippen LogP contribution in [0.1, 0.15) is 11.1 Å². The molecule has 0 unspecified atom stereocenters. The fourth-order valence-electron chi connectivity index (χ4n) is 3.02. The first kappa shape index (κ1) is 24.5. The normalized spacial score (nSPS) is 11.3. The number of halogens is 4. The van der Waals surface area contributed by atoms with E-state index in [1.165, 1.54) is 35.2 Å². The Labute approximate surface area is 193 Å². The molecule has 34 heavy (non-hydrogen) atoms. The van der Waals surface area contributed by atoms with Gasteiger partial charge in [0.2, 0.25) is 5.91 Å². The highest BCUT2D eigenvalue weighted by Gasteiger charge is 2.30. The van der Waals surface area contributed by atoms with E-state index in [0.29, 0.717) is 5.69 Å². The molecule has 0 spiro atoms. The highest BCUT2D eigenvalue weighted by molar-refractivity contribution is 6.02. The fourth-order valence-corrected chi connectivity index (χ4v) is 3.02. The summed E-state index contributed by atoms with van der Waals surface area (Å²) in [4.78, 5) is 26.2. The van der Waals surface area contributed by atoms with Gasteiger partial charge in [-0.3, -0.25) is 9.69 Å². The van der Waals surface area contributed by atoms with E-state index in [9.17, 15) is 27.2 Å². The second-order valence-corrected chi connectivity index (χ2v) is 7.17. The number of carbonyl (C=O) groups is 2. The lowest BCUT2D eigenvalue weighted by molar-refractivity contribution is -0.137. The number of nitrogens with zero attached hydrogens (tertiary/aromatic N) is 1. The molecule has 3 rings (SSSR count). The van der Waals surface area contributed by atoms with Crippen molar-refractivity contribution in [3.63, 3.8) is 0 Å². The van der Waals surface area contributed by atoms with E-state index in [0.717, 1.165) is 29.8 Å². The van der Waals surface area contributed by atoms with Crippen molar-refractivity contribution < 1.29 is 27.2 Å². The van der Waals surface area contributed by atoms with Gasteiger partial charge in [0.1, 0.15) is 5.82 Å². The van der Waals surface area contributed by atoms with Gasteiger partial charge in [0.25, 0.3) is 0 Å². The van der Waals surface area contributed by atoms with Crippen molar-refractivity contribution in [1.82, 2.24) is 5.32 Å². The molecule has 0 atom stereocenters. The molecule has 0 radical (unpaired) electrons. The van der Waals surface area contributed by atoms with Gasteiger partial charge in [-0.1, -0.05) is 36.4 Å². The minimum Gasteiger partial charge on any atom is -0.351 e. The van der Waals surface area contributed by atoms with Crippen LogP contribution >= 0.6 is 0 Å². The Morgan fingerprint density at radius 3 is 2.29 bits per heavy atom. The van der Waals surface area contributed by atoms with Crippen molar-refractivity contribution in [2.45, 2.75) is 6.18 Å². The second kappa shape index (κ2) is 11.1. The molecule has 3 aromatic rings. The number of hydrogen-bond acceptors (Lipinski definition) is 2. The number of urea groups is 1. The molecule has 0 fully saturated rings. The number of anilines is 2. The quantitative estimate of drug-likeness (QED) is 0.342. The lowest BCUT2D eigenvalue weighted by atomic mass is 10.2. The topological polar surface area (TPSA) is 61.4 Å². The zero-order valence-corrected chi connectivity index (χ0v) is 17.9. The summed E-state index contributed by atoms with van der Waals surface area (Å²) in [5.41, 5.74) is 0.184. The van der Waals surface area contributed by atoms with Crippen molar-refractivity contribution in [1.29, 1.82) is 0 Å². The van der Waals surface area contributed by atoms with Crippen LogP contribution in [0, 0.1) is 5.82 Å². The maximum absolute atomic E-state index is 13.3. The maximum atomic E-state index is 13.3. The Morgan fingerprint density at radius 1 is 0.912 bits per heavy atom. The molecule has 9 heteroatoms. The van der Waals surface area contributed by atoms with Crippen molar-refractivity contribution in [3.8, 4) is 0 Å². The summed E-state index contributed by atoms with van der Waals surface area (Å²) in [6.45, 7) is 0.0344.